The van der Waals surface area contributed by atoms with E-state index in [1.54, 1.807) is 14.2 Å². The number of benzene rings is 2. The number of ether oxygens (including phenoxy) is 3. The van der Waals surface area contributed by atoms with Crippen molar-refractivity contribution in [1.82, 2.24) is 5.32 Å². The van der Waals surface area contributed by atoms with Gasteiger partial charge >= 0.3 is 0 Å². The summed E-state index contributed by atoms with van der Waals surface area (Å²) in [5.41, 5.74) is 1.97. The SMILES string of the molecule is CCOc1cccc(NC(=S)N[C@@H](CC)c2ccc(OC)c(OC)c2)c1. The van der Waals surface area contributed by atoms with Crippen LogP contribution in [-0.2, 0) is 0 Å². The Morgan fingerprint density at radius 2 is 1.81 bits per heavy atom. The molecule has 0 unspecified atom stereocenters. The van der Waals surface area contributed by atoms with Gasteiger partial charge in [0, 0.05) is 11.8 Å². The number of hydrogen-bond acceptors (Lipinski definition) is 4. The van der Waals surface area contributed by atoms with E-state index in [0.29, 0.717) is 23.2 Å². The summed E-state index contributed by atoms with van der Waals surface area (Å²) in [6.45, 7) is 4.69. The lowest BCUT2D eigenvalue weighted by Gasteiger charge is -2.21. The molecule has 0 fully saturated rings. The molecule has 26 heavy (non-hydrogen) atoms. The van der Waals surface area contributed by atoms with Gasteiger partial charge in [0.1, 0.15) is 5.75 Å². The second kappa shape index (κ2) is 9.87. The second-order valence-corrected chi connectivity index (χ2v) is 6.04. The van der Waals surface area contributed by atoms with Crippen molar-refractivity contribution in [3.8, 4) is 17.2 Å². The lowest BCUT2D eigenvalue weighted by atomic mass is 10.0. The molecule has 0 bridgehead atoms. The molecule has 2 aromatic carbocycles. The Morgan fingerprint density at radius 3 is 2.46 bits per heavy atom. The van der Waals surface area contributed by atoms with Gasteiger partial charge in [0.05, 0.1) is 26.9 Å². The van der Waals surface area contributed by atoms with Crippen LogP contribution in [0.25, 0.3) is 0 Å². The van der Waals surface area contributed by atoms with Gasteiger partial charge in [-0.25, -0.2) is 0 Å². The van der Waals surface area contributed by atoms with Crippen LogP contribution in [0.2, 0.25) is 0 Å². The molecule has 140 valence electrons. The van der Waals surface area contributed by atoms with E-state index in [0.717, 1.165) is 23.4 Å². The van der Waals surface area contributed by atoms with Crippen LogP contribution in [0.5, 0.6) is 17.2 Å². The molecule has 0 aliphatic carbocycles. The first kappa shape index (κ1) is 19.8. The molecular formula is C20H26N2O3S. The van der Waals surface area contributed by atoms with Gasteiger partial charge in [-0.1, -0.05) is 19.1 Å². The first-order chi connectivity index (χ1) is 12.6. The van der Waals surface area contributed by atoms with Crippen molar-refractivity contribution in [2.75, 3.05) is 26.1 Å². The average molecular weight is 375 g/mol. The Labute approximate surface area is 160 Å². The normalized spacial score (nSPS) is 11.4. The van der Waals surface area contributed by atoms with Crippen LogP contribution in [-0.4, -0.2) is 25.9 Å². The Hall–Kier alpha value is -2.47. The highest BCUT2D eigenvalue weighted by molar-refractivity contribution is 7.80. The number of nitrogens with one attached hydrogen (secondary N) is 2. The predicted octanol–water partition coefficient (Wildman–Crippen LogP) is 4.54. The second-order valence-electron chi connectivity index (χ2n) is 5.63. The molecule has 5 nitrogen and oxygen atoms in total. The van der Waals surface area contributed by atoms with Crippen molar-refractivity contribution in [3.05, 3.63) is 48.0 Å². The highest BCUT2D eigenvalue weighted by Gasteiger charge is 2.14. The predicted molar refractivity (Wildman–Crippen MR) is 110 cm³/mol. The van der Waals surface area contributed by atoms with Gasteiger partial charge in [0.2, 0.25) is 0 Å². The summed E-state index contributed by atoms with van der Waals surface area (Å²) >= 11 is 5.48. The number of methoxy groups -OCH3 is 2. The molecule has 0 aliphatic rings. The van der Waals surface area contributed by atoms with Gasteiger partial charge in [0.15, 0.2) is 16.6 Å². The third-order valence-electron chi connectivity index (χ3n) is 3.93. The van der Waals surface area contributed by atoms with Crippen LogP contribution in [0, 0.1) is 0 Å². The third kappa shape index (κ3) is 5.26. The van der Waals surface area contributed by atoms with E-state index in [4.69, 9.17) is 26.4 Å². The minimum atomic E-state index is 0.0601. The maximum absolute atomic E-state index is 5.52. The van der Waals surface area contributed by atoms with Gasteiger partial charge in [0.25, 0.3) is 0 Å². The number of hydrogen-bond donors (Lipinski definition) is 2. The van der Waals surface area contributed by atoms with E-state index in [1.807, 2.05) is 49.4 Å². The average Bonchev–Trinajstić information content (AvgIpc) is 2.66. The zero-order valence-electron chi connectivity index (χ0n) is 15.7. The number of thiocarbonyl (C=S) groups is 1. The van der Waals surface area contributed by atoms with Crippen LogP contribution >= 0.6 is 12.2 Å². The smallest absolute Gasteiger partial charge is 0.171 e. The first-order valence-electron chi connectivity index (χ1n) is 8.63. The van der Waals surface area contributed by atoms with Crippen molar-refractivity contribution >= 4 is 23.0 Å². The van der Waals surface area contributed by atoms with Gasteiger partial charge in [-0.15, -0.1) is 0 Å². The van der Waals surface area contributed by atoms with Crippen LogP contribution in [0.3, 0.4) is 0 Å². The van der Waals surface area contributed by atoms with Crippen LogP contribution < -0.4 is 24.8 Å². The molecular weight excluding hydrogens is 348 g/mol. The van der Waals surface area contributed by atoms with Crippen molar-refractivity contribution in [2.24, 2.45) is 0 Å². The molecule has 2 aromatic rings. The van der Waals surface area contributed by atoms with E-state index >= 15 is 0 Å². The highest BCUT2D eigenvalue weighted by atomic mass is 32.1. The minimum absolute atomic E-state index is 0.0601. The summed E-state index contributed by atoms with van der Waals surface area (Å²) < 4.78 is 16.2. The van der Waals surface area contributed by atoms with E-state index in [2.05, 4.69) is 17.6 Å². The van der Waals surface area contributed by atoms with Gasteiger partial charge in [-0.05, 0) is 55.4 Å². The largest absolute Gasteiger partial charge is 0.494 e. The van der Waals surface area contributed by atoms with E-state index in [1.165, 1.54) is 0 Å². The molecule has 0 heterocycles. The highest BCUT2D eigenvalue weighted by Crippen LogP contribution is 2.31. The maximum atomic E-state index is 5.52. The summed E-state index contributed by atoms with van der Waals surface area (Å²) in [5, 5.41) is 7.12. The Balaban J connectivity index is 2.07. The van der Waals surface area contributed by atoms with Crippen molar-refractivity contribution in [2.45, 2.75) is 26.3 Å². The summed E-state index contributed by atoms with van der Waals surface area (Å²) in [7, 11) is 3.26. The zero-order valence-corrected chi connectivity index (χ0v) is 16.5. The molecule has 2 N–H and O–H groups in total. The third-order valence-corrected chi connectivity index (χ3v) is 4.15. The van der Waals surface area contributed by atoms with E-state index in [-0.39, 0.29) is 6.04 Å². The lowest BCUT2D eigenvalue weighted by molar-refractivity contribution is 0.340. The molecule has 0 radical (unpaired) electrons. The molecule has 0 amide bonds. The molecule has 0 aromatic heterocycles. The molecule has 0 saturated carbocycles. The quantitative estimate of drug-likeness (QED) is 0.662. The molecule has 6 heteroatoms. The Morgan fingerprint density at radius 1 is 1.04 bits per heavy atom. The standard InChI is InChI=1S/C20H26N2O3S/c1-5-17(14-10-11-18(23-3)19(12-14)24-4)22-20(26)21-15-8-7-9-16(13-15)25-6-2/h7-13,17H,5-6H2,1-4H3,(H2,21,22,26)/t17-/m0/s1. The lowest BCUT2D eigenvalue weighted by Crippen LogP contribution is -2.32. The first-order valence-corrected chi connectivity index (χ1v) is 9.04. The fourth-order valence-electron chi connectivity index (χ4n) is 2.65. The summed E-state index contributed by atoms with van der Waals surface area (Å²) in [6.07, 6.45) is 0.871. The van der Waals surface area contributed by atoms with Gasteiger partial charge in [-0.2, -0.15) is 0 Å². The van der Waals surface area contributed by atoms with Gasteiger partial charge < -0.3 is 24.8 Å². The summed E-state index contributed by atoms with van der Waals surface area (Å²) in [6, 6.07) is 13.7. The molecule has 0 aliphatic heterocycles. The summed E-state index contributed by atoms with van der Waals surface area (Å²) in [4.78, 5) is 0. The zero-order chi connectivity index (χ0) is 18.9. The number of rotatable bonds is 8. The molecule has 0 spiro atoms. The Bertz CT molecular complexity index is 737. The van der Waals surface area contributed by atoms with Crippen LogP contribution in [0.1, 0.15) is 31.9 Å². The van der Waals surface area contributed by atoms with Crippen molar-refractivity contribution < 1.29 is 14.2 Å². The summed E-state index contributed by atoms with van der Waals surface area (Å²) in [5.74, 6) is 2.22. The number of anilines is 1. The Kier molecular flexibility index (Phi) is 7.53. The fourth-order valence-corrected chi connectivity index (χ4v) is 2.91. The van der Waals surface area contributed by atoms with E-state index < -0.39 is 0 Å². The molecule has 1 atom stereocenters. The molecule has 0 saturated heterocycles. The maximum Gasteiger partial charge on any atom is 0.171 e. The van der Waals surface area contributed by atoms with Crippen molar-refractivity contribution in [3.63, 3.8) is 0 Å². The monoisotopic (exact) mass is 374 g/mol. The van der Waals surface area contributed by atoms with Crippen LogP contribution in [0.15, 0.2) is 42.5 Å². The minimum Gasteiger partial charge on any atom is -0.494 e. The topological polar surface area (TPSA) is 51.8 Å². The molecule has 2 rings (SSSR count). The van der Waals surface area contributed by atoms with Gasteiger partial charge in [-0.3, -0.25) is 0 Å². The van der Waals surface area contributed by atoms with Crippen LogP contribution in [0.4, 0.5) is 5.69 Å². The van der Waals surface area contributed by atoms with Crippen molar-refractivity contribution in [1.29, 1.82) is 0 Å². The fraction of sp³-hybridized carbons (Fsp3) is 0.350. The van der Waals surface area contributed by atoms with E-state index in [9.17, 15) is 0 Å².